The molecule has 0 spiro atoms. The van der Waals surface area contributed by atoms with E-state index in [-0.39, 0.29) is 5.56 Å². The van der Waals surface area contributed by atoms with Gasteiger partial charge in [0.1, 0.15) is 5.82 Å². The minimum atomic E-state index is -4.23. The number of alkyl halides is 3. The molecule has 0 aliphatic rings. The summed E-state index contributed by atoms with van der Waals surface area (Å²) in [6.07, 6.45) is -1.83. The van der Waals surface area contributed by atoms with Crippen molar-refractivity contribution in [2.45, 2.75) is 24.4 Å². The molecule has 20 heavy (non-hydrogen) atoms. The zero-order valence-corrected chi connectivity index (χ0v) is 12.1. The van der Waals surface area contributed by atoms with Gasteiger partial charge in [0.25, 0.3) is 0 Å². The topological polar surface area (TPSA) is 17.8 Å². The summed E-state index contributed by atoms with van der Waals surface area (Å²) in [5.41, 5.74) is 0.856. The predicted molar refractivity (Wildman–Crippen MR) is 74.8 cm³/mol. The second-order valence-electron chi connectivity index (χ2n) is 4.38. The van der Waals surface area contributed by atoms with E-state index in [9.17, 15) is 13.2 Å². The van der Waals surface area contributed by atoms with Gasteiger partial charge in [-0.3, -0.25) is 0 Å². The van der Waals surface area contributed by atoms with Crippen molar-refractivity contribution in [3.63, 3.8) is 0 Å². The lowest BCUT2D eigenvalue weighted by Crippen LogP contribution is -2.13. The molecule has 0 aliphatic heterocycles. The number of aromatic nitrogens is 2. The summed E-state index contributed by atoms with van der Waals surface area (Å²) in [7, 11) is 1.78. The molecule has 0 unspecified atom stereocenters. The third-order valence-corrected chi connectivity index (χ3v) is 3.79. The number of rotatable bonds is 4. The highest BCUT2D eigenvalue weighted by Gasteiger charge is 2.30. The van der Waals surface area contributed by atoms with Gasteiger partial charge in [0.05, 0.1) is 6.42 Å². The van der Waals surface area contributed by atoms with Gasteiger partial charge in [-0.1, -0.05) is 19.1 Å². The maximum absolute atomic E-state index is 12.7. The zero-order valence-electron chi connectivity index (χ0n) is 11.2. The van der Waals surface area contributed by atoms with E-state index < -0.39 is 12.6 Å². The molecule has 108 valence electrons. The molecule has 0 bridgehead atoms. The molecule has 0 atom stereocenters. The second kappa shape index (κ2) is 5.91. The fourth-order valence-electron chi connectivity index (χ4n) is 2.08. The van der Waals surface area contributed by atoms with Gasteiger partial charge in [-0.05, 0) is 17.4 Å². The number of nitrogens with zero attached hydrogens (tertiary/aromatic N) is 2. The lowest BCUT2D eigenvalue weighted by molar-refractivity contribution is -0.127. The summed E-state index contributed by atoms with van der Waals surface area (Å²) in [6.45, 7) is 1.98. The van der Waals surface area contributed by atoms with Crippen LogP contribution in [0.15, 0.2) is 35.5 Å². The van der Waals surface area contributed by atoms with Crippen LogP contribution in [0.1, 0.15) is 12.5 Å². The molecule has 2 aromatic rings. The number of hydrogen-bond acceptors (Lipinski definition) is 2. The Morgan fingerprint density at radius 2 is 2.05 bits per heavy atom. The Morgan fingerprint density at radius 1 is 1.30 bits per heavy atom. The predicted octanol–water partition coefficient (Wildman–Crippen LogP) is 4.30. The quantitative estimate of drug-likeness (QED) is 0.783. The van der Waals surface area contributed by atoms with Crippen LogP contribution in [0.4, 0.5) is 13.2 Å². The Morgan fingerprint density at radius 3 is 2.60 bits per heavy atom. The van der Waals surface area contributed by atoms with Crippen molar-refractivity contribution in [3.8, 4) is 11.4 Å². The van der Waals surface area contributed by atoms with Crippen LogP contribution in [0.5, 0.6) is 0 Å². The molecule has 2 rings (SSSR count). The number of benzene rings is 1. The molecule has 0 N–H and O–H groups in total. The molecular weight excluding hydrogens is 285 g/mol. The van der Waals surface area contributed by atoms with E-state index in [1.165, 1.54) is 17.8 Å². The number of halogens is 3. The summed E-state index contributed by atoms with van der Waals surface area (Å²) in [5.74, 6) is 1.37. The van der Waals surface area contributed by atoms with E-state index in [0.29, 0.717) is 11.4 Å². The molecule has 0 radical (unpaired) electrons. The van der Waals surface area contributed by atoms with Crippen LogP contribution in [-0.4, -0.2) is 21.5 Å². The summed E-state index contributed by atoms with van der Waals surface area (Å²) >= 11 is 1.53. The molecule has 0 amide bonds. The smallest absolute Gasteiger partial charge is 0.334 e. The van der Waals surface area contributed by atoms with E-state index in [2.05, 4.69) is 4.98 Å². The van der Waals surface area contributed by atoms with E-state index >= 15 is 0 Å². The van der Waals surface area contributed by atoms with E-state index in [1.54, 1.807) is 30.1 Å². The summed E-state index contributed by atoms with van der Waals surface area (Å²) in [5, 5.41) is 0. The SMILES string of the molecule is CCSc1cccc(CC(F)(F)F)c1-c1nccn1C. The van der Waals surface area contributed by atoms with E-state index in [0.717, 1.165) is 10.6 Å². The summed E-state index contributed by atoms with van der Waals surface area (Å²) in [6, 6.07) is 5.04. The van der Waals surface area contributed by atoms with E-state index in [1.807, 2.05) is 13.0 Å². The van der Waals surface area contributed by atoms with Crippen molar-refractivity contribution < 1.29 is 13.2 Å². The van der Waals surface area contributed by atoms with Crippen LogP contribution in [0.25, 0.3) is 11.4 Å². The highest BCUT2D eigenvalue weighted by Crippen LogP contribution is 2.36. The Balaban J connectivity index is 2.57. The number of imidazole rings is 1. The van der Waals surface area contributed by atoms with Crippen molar-refractivity contribution >= 4 is 11.8 Å². The standard InChI is InChI=1S/C14H15F3N2S/c1-3-20-11-6-4-5-10(9-14(15,16)17)12(11)13-18-7-8-19(13)2/h4-8H,3,9H2,1-2H3. The first-order valence-electron chi connectivity index (χ1n) is 6.21. The van der Waals surface area contributed by atoms with Gasteiger partial charge in [-0.2, -0.15) is 13.2 Å². The van der Waals surface area contributed by atoms with Crippen molar-refractivity contribution in [2.75, 3.05) is 5.75 Å². The monoisotopic (exact) mass is 300 g/mol. The molecule has 1 aromatic heterocycles. The average molecular weight is 300 g/mol. The van der Waals surface area contributed by atoms with Crippen molar-refractivity contribution in [2.24, 2.45) is 7.05 Å². The Kier molecular flexibility index (Phi) is 4.42. The lowest BCUT2D eigenvalue weighted by atomic mass is 10.0. The number of thioether (sulfide) groups is 1. The Labute approximate surface area is 120 Å². The Hall–Kier alpha value is -1.43. The first kappa shape index (κ1) is 15.0. The molecule has 0 aliphatic carbocycles. The van der Waals surface area contributed by atoms with Crippen LogP contribution < -0.4 is 0 Å². The highest BCUT2D eigenvalue weighted by molar-refractivity contribution is 7.99. The molecule has 0 saturated heterocycles. The van der Waals surface area contributed by atoms with Crippen molar-refractivity contribution in [1.82, 2.24) is 9.55 Å². The van der Waals surface area contributed by atoms with Crippen LogP contribution in [0.3, 0.4) is 0 Å². The summed E-state index contributed by atoms with van der Waals surface area (Å²) in [4.78, 5) is 5.04. The van der Waals surface area contributed by atoms with Gasteiger partial charge < -0.3 is 4.57 Å². The first-order chi connectivity index (χ1) is 9.42. The number of aryl methyl sites for hydroxylation is 1. The third kappa shape index (κ3) is 3.36. The fraction of sp³-hybridized carbons (Fsp3) is 0.357. The fourth-order valence-corrected chi connectivity index (χ4v) is 2.93. The molecule has 0 fully saturated rings. The molecule has 6 heteroatoms. The minimum Gasteiger partial charge on any atom is -0.334 e. The zero-order chi connectivity index (χ0) is 14.8. The highest BCUT2D eigenvalue weighted by atomic mass is 32.2. The lowest BCUT2D eigenvalue weighted by Gasteiger charge is -2.15. The molecular formula is C14H15F3N2S. The van der Waals surface area contributed by atoms with Gasteiger partial charge in [-0.15, -0.1) is 11.8 Å². The Bertz CT molecular complexity index is 590. The van der Waals surface area contributed by atoms with Crippen LogP contribution >= 0.6 is 11.8 Å². The molecule has 0 saturated carbocycles. The van der Waals surface area contributed by atoms with Crippen LogP contribution in [-0.2, 0) is 13.5 Å². The second-order valence-corrected chi connectivity index (χ2v) is 5.68. The van der Waals surface area contributed by atoms with E-state index in [4.69, 9.17) is 0 Å². The maximum Gasteiger partial charge on any atom is 0.393 e. The summed E-state index contributed by atoms with van der Waals surface area (Å²) < 4.78 is 40.0. The first-order valence-corrected chi connectivity index (χ1v) is 7.20. The minimum absolute atomic E-state index is 0.269. The maximum atomic E-state index is 12.7. The van der Waals surface area contributed by atoms with Gasteiger partial charge in [0, 0.05) is 29.9 Å². The van der Waals surface area contributed by atoms with Gasteiger partial charge in [0.15, 0.2) is 0 Å². The van der Waals surface area contributed by atoms with Gasteiger partial charge in [0.2, 0.25) is 0 Å². The van der Waals surface area contributed by atoms with Crippen molar-refractivity contribution in [1.29, 1.82) is 0 Å². The average Bonchev–Trinajstić information content (AvgIpc) is 2.74. The van der Waals surface area contributed by atoms with Crippen LogP contribution in [0, 0.1) is 0 Å². The van der Waals surface area contributed by atoms with Gasteiger partial charge in [-0.25, -0.2) is 4.98 Å². The molecule has 1 aromatic carbocycles. The molecule has 1 heterocycles. The number of hydrogen-bond donors (Lipinski definition) is 0. The largest absolute Gasteiger partial charge is 0.393 e. The van der Waals surface area contributed by atoms with Crippen LogP contribution in [0.2, 0.25) is 0 Å². The van der Waals surface area contributed by atoms with Gasteiger partial charge >= 0.3 is 6.18 Å². The molecule has 2 nitrogen and oxygen atoms in total. The third-order valence-electron chi connectivity index (χ3n) is 2.85. The normalized spacial score (nSPS) is 11.8. The van der Waals surface area contributed by atoms with Crippen molar-refractivity contribution in [3.05, 3.63) is 36.2 Å².